The Labute approximate surface area is 130 Å². The van der Waals surface area contributed by atoms with Gasteiger partial charge in [-0.2, -0.15) is 0 Å². The van der Waals surface area contributed by atoms with Crippen molar-refractivity contribution in [2.24, 2.45) is 0 Å². The molecule has 1 aromatic rings. The molecule has 0 aliphatic carbocycles. The highest BCUT2D eigenvalue weighted by atomic mass is 32.2. The molecule has 0 heterocycles. The minimum absolute atomic E-state index is 0.219. The fourth-order valence-corrected chi connectivity index (χ4v) is 3.00. The maximum Gasteiger partial charge on any atom is 0.329 e. The molecular formula is C16H23NO3S. The monoisotopic (exact) mass is 309 g/mol. The Bertz CT molecular complexity index is 530. The van der Waals surface area contributed by atoms with Gasteiger partial charge in [0, 0.05) is 4.90 Å². The summed E-state index contributed by atoms with van der Waals surface area (Å²) in [7, 11) is 0. The van der Waals surface area contributed by atoms with Crippen LogP contribution in [0, 0.1) is 13.8 Å². The maximum absolute atomic E-state index is 12.0. The summed E-state index contributed by atoms with van der Waals surface area (Å²) < 4.78 is 0. The number of aliphatic carboxylic acids is 1. The second-order valence-corrected chi connectivity index (χ2v) is 6.51. The lowest BCUT2D eigenvalue weighted by Crippen LogP contribution is -2.52. The number of amides is 1. The number of carbonyl (C=O) groups is 2. The molecular weight excluding hydrogens is 286 g/mol. The molecule has 1 atom stereocenters. The molecule has 4 nitrogen and oxygen atoms in total. The van der Waals surface area contributed by atoms with Crippen molar-refractivity contribution >= 4 is 23.6 Å². The Balaban J connectivity index is 2.65. The van der Waals surface area contributed by atoms with E-state index in [1.165, 1.54) is 11.8 Å². The van der Waals surface area contributed by atoms with Gasteiger partial charge in [0.25, 0.3) is 0 Å². The lowest BCUT2D eigenvalue weighted by Gasteiger charge is -2.25. The van der Waals surface area contributed by atoms with Gasteiger partial charge in [0.1, 0.15) is 5.54 Å². The zero-order chi connectivity index (χ0) is 16.0. The van der Waals surface area contributed by atoms with E-state index in [0.717, 1.165) is 16.0 Å². The van der Waals surface area contributed by atoms with Crippen molar-refractivity contribution in [2.45, 2.75) is 51.0 Å². The largest absolute Gasteiger partial charge is 0.480 e. The Hall–Kier alpha value is -1.49. The number of aryl methyl sites for hydroxylation is 2. The maximum atomic E-state index is 12.0. The number of benzene rings is 1. The summed E-state index contributed by atoms with van der Waals surface area (Å²) in [6.45, 7) is 7.46. The first-order chi connectivity index (χ1) is 9.78. The molecule has 2 N–H and O–H groups in total. The van der Waals surface area contributed by atoms with Crippen molar-refractivity contribution in [3.63, 3.8) is 0 Å². The highest BCUT2D eigenvalue weighted by molar-refractivity contribution is 8.00. The number of carboxylic acid groups (broad SMARTS) is 1. The second-order valence-electron chi connectivity index (χ2n) is 5.49. The molecule has 0 radical (unpaired) electrons. The standard InChI is InChI=1S/C16H23NO3S/c1-5-8-16(4,15(19)20)17-14(18)10-21-13-9-11(2)6-7-12(13)3/h6-7,9H,5,8,10H2,1-4H3,(H,17,18)(H,19,20). The molecule has 0 aromatic heterocycles. The van der Waals surface area contributed by atoms with Crippen molar-refractivity contribution in [1.29, 1.82) is 0 Å². The molecule has 0 saturated carbocycles. The predicted octanol–water partition coefficient (Wildman–Crippen LogP) is 3.16. The first-order valence-corrected chi connectivity index (χ1v) is 8.01. The molecule has 0 saturated heterocycles. The number of rotatable bonds is 7. The summed E-state index contributed by atoms with van der Waals surface area (Å²) in [5, 5.41) is 11.9. The lowest BCUT2D eigenvalue weighted by molar-refractivity contribution is -0.146. The Morgan fingerprint density at radius 2 is 2.00 bits per heavy atom. The highest BCUT2D eigenvalue weighted by Gasteiger charge is 2.33. The summed E-state index contributed by atoms with van der Waals surface area (Å²) in [5.41, 5.74) is 1.08. The van der Waals surface area contributed by atoms with Crippen molar-refractivity contribution < 1.29 is 14.7 Å². The van der Waals surface area contributed by atoms with Crippen LogP contribution in [0.1, 0.15) is 37.8 Å². The first kappa shape index (κ1) is 17.6. The van der Waals surface area contributed by atoms with Crippen LogP contribution in [0.15, 0.2) is 23.1 Å². The van der Waals surface area contributed by atoms with Crippen LogP contribution in [-0.2, 0) is 9.59 Å². The van der Waals surface area contributed by atoms with E-state index in [0.29, 0.717) is 12.8 Å². The number of carbonyl (C=O) groups excluding carboxylic acids is 1. The number of hydrogen-bond acceptors (Lipinski definition) is 3. The van der Waals surface area contributed by atoms with Gasteiger partial charge in [-0.25, -0.2) is 4.79 Å². The Morgan fingerprint density at radius 1 is 1.33 bits per heavy atom. The zero-order valence-corrected chi connectivity index (χ0v) is 13.8. The number of hydrogen-bond donors (Lipinski definition) is 2. The predicted molar refractivity (Wildman–Crippen MR) is 85.7 cm³/mol. The molecule has 0 fully saturated rings. The van der Waals surface area contributed by atoms with Crippen LogP contribution in [0.25, 0.3) is 0 Å². The summed E-state index contributed by atoms with van der Waals surface area (Å²) in [4.78, 5) is 24.4. The quantitative estimate of drug-likeness (QED) is 0.759. The van der Waals surface area contributed by atoms with Gasteiger partial charge in [0.05, 0.1) is 5.75 Å². The third-order valence-corrected chi connectivity index (χ3v) is 4.50. The number of carboxylic acids is 1. The molecule has 1 amide bonds. The van der Waals surface area contributed by atoms with E-state index in [9.17, 15) is 14.7 Å². The minimum Gasteiger partial charge on any atom is -0.480 e. The van der Waals surface area contributed by atoms with E-state index < -0.39 is 11.5 Å². The highest BCUT2D eigenvalue weighted by Crippen LogP contribution is 2.23. The van der Waals surface area contributed by atoms with E-state index in [2.05, 4.69) is 5.32 Å². The second kappa shape index (κ2) is 7.50. The molecule has 0 spiro atoms. The van der Waals surface area contributed by atoms with Gasteiger partial charge in [0.15, 0.2) is 0 Å². The molecule has 1 unspecified atom stereocenters. The lowest BCUT2D eigenvalue weighted by atomic mass is 9.96. The van der Waals surface area contributed by atoms with Gasteiger partial charge >= 0.3 is 5.97 Å². The first-order valence-electron chi connectivity index (χ1n) is 7.03. The van der Waals surface area contributed by atoms with Crippen LogP contribution in [0.5, 0.6) is 0 Å². The van der Waals surface area contributed by atoms with Gasteiger partial charge in [-0.3, -0.25) is 4.79 Å². The third kappa shape index (κ3) is 5.08. The molecule has 5 heteroatoms. The summed E-state index contributed by atoms with van der Waals surface area (Å²) in [6.07, 6.45) is 1.12. The summed E-state index contributed by atoms with van der Waals surface area (Å²) in [5.74, 6) is -1.02. The number of nitrogens with one attached hydrogen (secondary N) is 1. The van der Waals surface area contributed by atoms with Crippen molar-refractivity contribution in [2.75, 3.05) is 5.75 Å². The molecule has 0 aliphatic heterocycles. The molecule has 0 bridgehead atoms. The minimum atomic E-state index is -1.19. The summed E-state index contributed by atoms with van der Waals surface area (Å²) >= 11 is 1.43. The topological polar surface area (TPSA) is 66.4 Å². The Kier molecular flexibility index (Phi) is 6.27. The van der Waals surface area contributed by atoms with E-state index in [1.54, 1.807) is 6.92 Å². The Morgan fingerprint density at radius 3 is 2.57 bits per heavy atom. The van der Waals surface area contributed by atoms with E-state index >= 15 is 0 Å². The third-order valence-electron chi connectivity index (χ3n) is 3.34. The van der Waals surface area contributed by atoms with Gasteiger partial charge < -0.3 is 10.4 Å². The van der Waals surface area contributed by atoms with Crippen molar-refractivity contribution in [3.05, 3.63) is 29.3 Å². The average Bonchev–Trinajstić information content (AvgIpc) is 2.40. The van der Waals surface area contributed by atoms with E-state index in [-0.39, 0.29) is 11.7 Å². The fraction of sp³-hybridized carbons (Fsp3) is 0.500. The van der Waals surface area contributed by atoms with Crippen molar-refractivity contribution in [1.82, 2.24) is 5.32 Å². The van der Waals surface area contributed by atoms with Crippen molar-refractivity contribution in [3.8, 4) is 0 Å². The SMILES string of the molecule is CCCC(C)(NC(=O)CSc1cc(C)ccc1C)C(=O)O. The normalized spacial score (nSPS) is 13.5. The van der Waals surface area contributed by atoms with Crippen LogP contribution in [0.3, 0.4) is 0 Å². The average molecular weight is 309 g/mol. The van der Waals surface area contributed by atoms with Crippen LogP contribution >= 0.6 is 11.8 Å². The molecule has 116 valence electrons. The summed E-state index contributed by atoms with van der Waals surface area (Å²) in [6, 6.07) is 6.09. The van der Waals surface area contributed by atoms with Gasteiger partial charge in [-0.15, -0.1) is 11.8 Å². The van der Waals surface area contributed by atoms with E-state index in [4.69, 9.17) is 0 Å². The van der Waals surface area contributed by atoms with Crippen LogP contribution in [0.4, 0.5) is 0 Å². The van der Waals surface area contributed by atoms with Crippen LogP contribution in [0.2, 0.25) is 0 Å². The number of thioether (sulfide) groups is 1. The molecule has 21 heavy (non-hydrogen) atoms. The zero-order valence-electron chi connectivity index (χ0n) is 13.0. The molecule has 1 aromatic carbocycles. The van der Waals surface area contributed by atoms with Gasteiger partial charge in [-0.05, 0) is 38.8 Å². The fourth-order valence-electron chi connectivity index (χ4n) is 2.07. The van der Waals surface area contributed by atoms with Gasteiger partial charge in [-0.1, -0.05) is 31.0 Å². The van der Waals surface area contributed by atoms with Crippen LogP contribution < -0.4 is 5.32 Å². The van der Waals surface area contributed by atoms with Crippen LogP contribution in [-0.4, -0.2) is 28.3 Å². The molecule has 1 rings (SSSR count). The van der Waals surface area contributed by atoms with E-state index in [1.807, 2.05) is 39.0 Å². The van der Waals surface area contributed by atoms with Gasteiger partial charge in [0.2, 0.25) is 5.91 Å². The molecule has 0 aliphatic rings. The smallest absolute Gasteiger partial charge is 0.329 e.